The summed E-state index contributed by atoms with van der Waals surface area (Å²) < 4.78 is 10.0. The highest BCUT2D eigenvalue weighted by Gasteiger charge is 2.32. The number of carbonyl (C=O) groups excluding carboxylic acids is 3. The molecule has 0 amide bonds. The molecule has 0 saturated carbocycles. The van der Waals surface area contributed by atoms with Gasteiger partial charge in [-0.15, -0.1) is 0 Å². The number of ether oxygens (including phenoxy) is 2. The van der Waals surface area contributed by atoms with Crippen LogP contribution in [0, 0.1) is 0 Å². The minimum absolute atomic E-state index is 0.150. The molecule has 0 heterocycles. The number of Topliss-reactive ketones (excluding diaryl/α,β-unsaturated/α-hetero) is 2. The summed E-state index contributed by atoms with van der Waals surface area (Å²) >= 11 is 0. The van der Waals surface area contributed by atoms with E-state index in [0.717, 1.165) is 0 Å². The van der Waals surface area contributed by atoms with Gasteiger partial charge >= 0.3 is 5.97 Å². The largest absolute Gasteiger partial charge is 0.461 e. The maximum absolute atomic E-state index is 11.6. The Labute approximate surface area is 107 Å². The van der Waals surface area contributed by atoms with Gasteiger partial charge in [0.15, 0.2) is 11.6 Å². The number of carbonyl (C=O) groups is 3. The first-order valence-electron chi connectivity index (χ1n) is 5.71. The van der Waals surface area contributed by atoms with Crippen molar-refractivity contribution >= 4 is 17.5 Å². The molecule has 0 aromatic carbocycles. The van der Waals surface area contributed by atoms with E-state index >= 15 is 0 Å². The number of rotatable bonds is 7. The predicted molar refractivity (Wildman–Crippen MR) is 66.1 cm³/mol. The third kappa shape index (κ3) is 4.41. The van der Waals surface area contributed by atoms with Gasteiger partial charge in [-0.25, -0.2) is 0 Å². The molecule has 0 aromatic heterocycles. The van der Waals surface area contributed by atoms with Crippen molar-refractivity contribution in [2.75, 3.05) is 13.7 Å². The minimum Gasteiger partial charge on any atom is -0.461 e. The zero-order chi connectivity index (χ0) is 14.3. The van der Waals surface area contributed by atoms with Gasteiger partial charge in [0.2, 0.25) is 0 Å². The molecule has 1 atom stereocenters. The fraction of sp³-hybridized carbons (Fsp3) is 0.615. The lowest BCUT2D eigenvalue weighted by atomic mass is 9.92. The van der Waals surface area contributed by atoms with Crippen LogP contribution in [-0.4, -0.2) is 36.9 Å². The summed E-state index contributed by atoms with van der Waals surface area (Å²) in [5.74, 6) is -0.939. The van der Waals surface area contributed by atoms with Crippen LogP contribution in [0.1, 0.15) is 34.1 Å². The lowest BCUT2D eigenvalue weighted by molar-refractivity contribution is -0.140. The van der Waals surface area contributed by atoms with E-state index < -0.39 is 11.6 Å². The van der Waals surface area contributed by atoms with Gasteiger partial charge in [-0.3, -0.25) is 14.4 Å². The van der Waals surface area contributed by atoms with Gasteiger partial charge in [0.25, 0.3) is 0 Å². The summed E-state index contributed by atoms with van der Waals surface area (Å²) in [6.07, 6.45) is 1.84. The molecule has 0 aliphatic heterocycles. The van der Waals surface area contributed by atoms with E-state index in [-0.39, 0.29) is 23.7 Å². The molecule has 0 bridgehead atoms. The van der Waals surface area contributed by atoms with E-state index in [0.29, 0.717) is 6.42 Å². The van der Waals surface area contributed by atoms with Crippen LogP contribution in [0.4, 0.5) is 0 Å². The van der Waals surface area contributed by atoms with Gasteiger partial charge in [-0.1, -0.05) is 6.92 Å². The number of hydrogen-bond donors (Lipinski definition) is 0. The smallest absolute Gasteiger partial charge is 0.302 e. The van der Waals surface area contributed by atoms with Crippen molar-refractivity contribution in [3.05, 3.63) is 11.6 Å². The van der Waals surface area contributed by atoms with Crippen LogP contribution in [-0.2, 0) is 23.9 Å². The van der Waals surface area contributed by atoms with Crippen LogP contribution in [0.5, 0.6) is 0 Å². The Morgan fingerprint density at radius 1 is 1.17 bits per heavy atom. The Kier molecular flexibility index (Phi) is 6.47. The van der Waals surface area contributed by atoms with E-state index in [9.17, 15) is 14.4 Å². The Bertz CT molecular complexity index is 364. The van der Waals surface area contributed by atoms with Crippen LogP contribution in [0.3, 0.4) is 0 Å². The van der Waals surface area contributed by atoms with Crippen molar-refractivity contribution < 1.29 is 23.9 Å². The van der Waals surface area contributed by atoms with Gasteiger partial charge in [0.05, 0.1) is 0 Å². The fourth-order valence-corrected chi connectivity index (χ4v) is 1.51. The number of methoxy groups -OCH3 is 1. The quantitative estimate of drug-likeness (QED) is 0.509. The number of hydrogen-bond acceptors (Lipinski definition) is 5. The van der Waals surface area contributed by atoms with Crippen LogP contribution in [0.15, 0.2) is 11.6 Å². The number of ketones is 2. The first-order valence-corrected chi connectivity index (χ1v) is 5.71. The molecule has 0 N–H and O–H groups in total. The predicted octanol–water partition coefficient (Wildman–Crippen LogP) is 1.45. The molecule has 0 radical (unpaired) electrons. The topological polar surface area (TPSA) is 69.7 Å². The van der Waals surface area contributed by atoms with Gasteiger partial charge in [-0.05, 0) is 26.3 Å². The second-order valence-corrected chi connectivity index (χ2v) is 4.01. The third-order valence-corrected chi connectivity index (χ3v) is 2.78. The molecule has 18 heavy (non-hydrogen) atoms. The lowest BCUT2D eigenvalue weighted by Gasteiger charge is -2.25. The van der Waals surface area contributed by atoms with Crippen molar-refractivity contribution in [1.82, 2.24) is 0 Å². The molecule has 0 aliphatic rings. The molecule has 5 nitrogen and oxygen atoms in total. The Hall–Kier alpha value is -1.49. The van der Waals surface area contributed by atoms with Crippen LogP contribution in [0.25, 0.3) is 0 Å². The van der Waals surface area contributed by atoms with E-state index in [1.54, 1.807) is 6.92 Å². The van der Waals surface area contributed by atoms with Crippen LogP contribution < -0.4 is 0 Å². The van der Waals surface area contributed by atoms with E-state index in [2.05, 4.69) is 0 Å². The average molecular weight is 256 g/mol. The van der Waals surface area contributed by atoms with Gasteiger partial charge in [0.1, 0.15) is 12.2 Å². The maximum atomic E-state index is 11.6. The second-order valence-electron chi connectivity index (χ2n) is 4.01. The maximum Gasteiger partial charge on any atom is 0.302 e. The number of esters is 1. The molecular formula is C13H20O5. The Balaban J connectivity index is 5.29. The fourth-order valence-electron chi connectivity index (χ4n) is 1.51. The summed E-state index contributed by atoms with van der Waals surface area (Å²) in [7, 11) is 1.41. The summed E-state index contributed by atoms with van der Waals surface area (Å²) in [6, 6.07) is 0. The highest BCUT2D eigenvalue weighted by molar-refractivity contribution is 5.96. The summed E-state index contributed by atoms with van der Waals surface area (Å²) in [6.45, 7) is 5.64. The van der Waals surface area contributed by atoms with Crippen molar-refractivity contribution in [3.8, 4) is 0 Å². The average Bonchev–Trinajstić information content (AvgIpc) is 2.28. The van der Waals surface area contributed by atoms with Gasteiger partial charge < -0.3 is 9.47 Å². The molecule has 0 spiro atoms. The zero-order valence-corrected chi connectivity index (χ0v) is 11.5. The Morgan fingerprint density at radius 3 is 2.00 bits per heavy atom. The van der Waals surface area contributed by atoms with Gasteiger partial charge in [-0.2, -0.15) is 0 Å². The molecule has 1 unspecified atom stereocenters. The molecule has 0 rings (SSSR count). The molecular weight excluding hydrogens is 236 g/mol. The van der Waals surface area contributed by atoms with E-state index in [1.807, 2.05) is 0 Å². The SMILES string of the molecule is CCC(/C=C(\COC(C)=O)C(C)=O)(OC)C(C)=O. The molecule has 0 aliphatic carbocycles. The lowest BCUT2D eigenvalue weighted by Crippen LogP contribution is -2.37. The van der Waals surface area contributed by atoms with Crippen molar-refractivity contribution in [2.24, 2.45) is 0 Å². The summed E-state index contributed by atoms with van der Waals surface area (Å²) in [4.78, 5) is 33.8. The Morgan fingerprint density at radius 2 is 1.72 bits per heavy atom. The monoisotopic (exact) mass is 256 g/mol. The first-order chi connectivity index (χ1) is 8.29. The zero-order valence-electron chi connectivity index (χ0n) is 11.5. The van der Waals surface area contributed by atoms with Crippen molar-refractivity contribution in [1.29, 1.82) is 0 Å². The molecule has 5 heteroatoms. The van der Waals surface area contributed by atoms with Crippen molar-refractivity contribution in [2.45, 2.75) is 39.7 Å². The molecule has 0 fully saturated rings. The van der Waals surface area contributed by atoms with Crippen molar-refractivity contribution in [3.63, 3.8) is 0 Å². The highest BCUT2D eigenvalue weighted by atomic mass is 16.5. The standard InChI is InChI=1S/C13H20O5/c1-6-13(17-5,10(3)15)7-12(9(2)14)8-18-11(4)16/h7H,6,8H2,1-5H3/b12-7+. The second kappa shape index (κ2) is 7.06. The third-order valence-electron chi connectivity index (χ3n) is 2.78. The van der Waals surface area contributed by atoms with Crippen LogP contribution >= 0.6 is 0 Å². The minimum atomic E-state index is -1.14. The molecule has 0 aromatic rings. The highest BCUT2D eigenvalue weighted by Crippen LogP contribution is 2.21. The summed E-state index contributed by atoms with van der Waals surface area (Å²) in [5, 5.41) is 0. The van der Waals surface area contributed by atoms with Gasteiger partial charge in [0, 0.05) is 19.6 Å². The first kappa shape index (κ1) is 16.5. The van der Waals surface area contributed by atoms with Crippen LogP contribution in [0.2, 0.25) is 0 Å². The molecule has 0 saturated heterocycles. The van der Waals surface area contributed by atoms with E-state index in [1.165, 1.54) is 34.0 Å². The molecule has 102 valence electrons. The normalized spacial score (nSPS) is 14.8. The van der Waals surface area contributed by atoms with E-state index in [4.69, 9.17) is 9.47 Å². The summed E-state index contributed by atoms with van der Waals surface area (Å²) in [5.41, 5.74) is -0.884.